The Bertz CT molecular complexity index is 28.1. The van der Waals surface area contributed by atoms with Crippen molar-refractivity contribution in [1.82, 2.24) is 0 Å². The summed E-state index contributed by atoms with van der Waals surface area (Å²) in [7, 11) is 6.49. The van der Waals surface area contributed by atoms with E-state index in [1.807, 2.05) is 5.03 Å². The molecule has 0 aliphatic heterocycles. The first kappa shape index (κ1) is 5.79. The van der Waals surface area contributed by atoms with Gasteiger partial charge in [0.15, 0.2) is 0 Å². The van der Waals surface area contributed by atoms with Gasteiger partial charge in [-0.3, -0.25) is 0 Å². The molecule has 0 aromatic heterocycles. The first-order valence-electron chi connectivity index (χ1n) is 1.15. The van der Waals surface area contributed by atoms with Gasteiger partial charge in [0.2, 0.25) is 0 Å². The molecule has 0 bridgehead atoms. The lowest BCUT2D eigenvalue weighted by molar-refractivity contribution is 4.31. The maximum Gasteiger partial charge on any atom is 0.136 e. The van der Waals surface area contributed by atoms with Crippen LogP contribution in [0.2, 0.25) is 0 Å². The summed E-state index contributed by atoms with van der Waals surface area (Å²) >= 11 is 0.0518. The molecule has 0 N–H and O–H groups in total. The van der Waals surface area contributed by atoms with Crippen LogP contribution in [0.5, 0.6) is 0 Å². The second kappa shape index (κ2) is 4.79. The highest BCUT2D eigenvalue weighted by molar-refractivity contribution is 14.2. The number of hydrogen-bond donors (Lipinski definition) is 0. The first-order valence-corrected chi connectivity index (χ1v) is 3.92. The monoisotopic (exact) mass is 174 g/mol. The van der Waals surface area contributed by atoms with Gasteiger partial charge in [-0.15, -0.1) is 0 Å². The van der Waals surface area contributed by atoms with Crippen molar-refractivity contribution in [2.45, 2.75) is 0 Å². The van der Waals surface area contributed by atoms with Crippen LogP contribution >= 0.6 is 20.5 Å². The van der Waals surface area contributed by atoms with Crippen molar-refractivity contribution in [3.63, 3.8) is 0 Å². The first-order chi connectivity index (χ1) is 2.41. The Morgan fingerprint density at radius 3 is 2.40 bits per heavy atom. The smallest absolute Gasteiger partial charge is 0.136 e. The Morgan fingerprint density at radius 2 is 2.40 bits per heavy atom. The van der Waals surface area contributed by atoms with Crippen LogP contribution in [0.4, 0.5) is 0 Å². The molecule has 0 aromatic carbocycles. The molecule has 0 saturated carbocycles. The third kappa shape index (κ3) is 4.79. The van der Waals surface area contributed by atoms with E-state index >= 15 is 0 Å². The third-order valence-electron chi connectivity index (χ3n) is 0.162. The lowest BCUT2D eigenvalue weighted by atomic mass is 9.40. The lowest BCUT2D eigenvalue weighted by Gasteiger charge is -1.66. The predicted molar refractivity (Wildman–Crippen MR) is 38.4 cm³/mol. The highest BCUT2D eigenvalue weighted by Crippen LogP contribution is 1.77. The van der Waals surface area contributed by atoms with Crippen LogP contribution in [0.25, 0.3) is 0 Å². The van der Waals surface area contributed by atoms with Crippen LogP contribution in [0, 0.1) is 0 Å². The molecule has 4 heteroatoms. The quantitative estimate of drug-likeness (QED) is 0.398. The van der Waals surface area contributed by atoms with E-state index in [1.54, 1.807) is 7.06 Å². The Kier molecular flexibility index (Phi) is 5.56. The summed E-state index contributed by atoms with van der Waals surface area (Å²) < 4.78 is 3.62. The summed E-state index contributed by atoms with van der Waals surface area (Å²) in [6, 6.07) is 0. The Morgan fingerprint density at radius 1 is 1.80 bits per heavy atom. The van der Waals surface area contributed by atoms with Crippen molar-refractivity contribution in [2.24, 2.45) is 0 Å². The summed E-state index contributed by atoms with van der Waals surface area (Å²) in [5.41, 5.74) is 0. The molecule has 0 aliphatic carbocycles. The maximum atomic E-state index is 4.95. The summed E-state index contributed by atoms with van der Waals surface area (Å²) in [6.07, 6.45) is 0. The van der Waals surface area contributed by atoms with Crippen molar-refractivity contribution < 1.29 is 0 Å². The van der Waals surface area contributed by atoms with Gasteiger partial charge >= 0.3 is 0 Å². The molecule has 0 fully saturated rings. The van der Waals surface area contributed by atoms with Crippen LogP contribution in [0.1, 0.15) is 0 Å². The second-order valence-corrected chi connectivity index (χ2v) is 2.07. The third-order valence-corrected chi connectivity index (χ3v) is 1.09. The zero-order valence-corrected chi connectivity index (χ0v) is 4.97. The van der Waals surface area contributed by atoms with Crippen LogP contribution in [-0.2, 0) is 0 Å². The number of hydrogen-bond acceptors (Lipinski definition) is 0. The molecule has 4 radical (unpaired) electrons. The van der Waals surface area contributed by atoms with Crippen molar-refractivity contribution in [3.05, 3.63) is 0 Å². The molecule has 0 saturated heterocycles. The van der Waals surface area contributed by atoms with Crippen molar-refractivity contribution in [1.29, 1.82) is 0 Å². The summed E-state index contributed by atoms with van der Waals surface area (Å²) in [4.78, 5) is 0. The van der Waals surface area contributed by atoms with Crippen molar-refractivity contribution in [3.8, 4) is 0 Å². The van der Waals surface area contributed by atoms with Crippen molar-refractivity contribution in [2.75, 3.05) is 0 Å². The Hall–Kier alpha value is 0.795. The van der Waals surface area contributed by atoms with Crippen LogP contribution in [0.3, 0.4) is 0 Å². The van der Waals surface area contributed by atoms with E-state index in [4.69, 9.17) is 7.74 Å². The second-order valence-electron chi connectivity index (χ2n) is 0.473. The maximum absolute atomic E-state index is 4.95. The van der Waals surface area contributed by atoms with Gasteiger partial charge in [0.25, 0.3) is 0 Å². The van der Waals surface area contributed by atoms with Gasteiger partial charge in [-0.05, 0) is 0 Å². The van der Waals surface area contributed by atoms with Gasteiger partial charge in [-0.1, -0.05) is 4.51 Å². The molecular formula is CH2B3I. The topological polar surface area (TPSA) is 0 Å². The molecule has 0 aliphatic rings. The highest BCUT2D eigenvalue weighted by atomic mass is 127. The van der Waals surface area contributed by atoms with Gasteiger partial charge in [-0.2, -0.15) is 0 Å². The molecule has 0 heterocycles. The zero-order chi connectivity index (χ0) is 4.12. The van der Waals surface area contributed by atoms with E-state index < -0.39 is 0 Å². The highest BCUT2D eigenvalue weighted by Gasteiger charge is 1.69. The van der Waals surface area contributed by atoms with Gasteiger partial charge in [-0.25, -0.2) is 20.5 Å². The molecule has 5 heavy (non-hydrogen) atoms. The lowest BCUT2D eigenvalue weighted by Crippen LogP contribution is -1.91. The van der Waals surface area contributed by atoms with E-state index in [-0.39, 0.29) is 20.5 Å². The minimum atomic E-state index is 0.0518. The minimum absolute atomic E-state index is 0.0518. The van der Waals surface area contributed by atoms with Crippen LogP contribution < -0.4 is 0 Å². The molecule has 0 unspecified atom stereocenters. The largest absolute Gasteiger partial charge is 0.202 e. The molecule has 0 rings (SSSR count). The number of rotatable bonds is 2. The average Bonchev–Trinajstić information content (AvgIpc) is 1.41. The molecule has 22 valence electrons. The summed E-state index contributed by atoms with van der Waals surface area (Å²) in [5.74, 6) is 0. The fourth-order valence-electron chi connectivity index (χ4n) is 0.0514. The van der Waals surface area contributed by atoms with Crippen molar-refractivity contribution >= 4 is 44.9 Å². The number of halogens is 1. The summed E-state index contributed by atoms with van der Waals surface area (Å²) in [5, 5.41) is 1.90. The van der Waals surface area contributed by atoms with Crippen LogP contribution in [0.15, 0.2) is 0 Å². The van der Waals surface area contributed by atoms with Gasteiger partial charge in [0.05, 0.1) is 0 Å². The SMILES string of the molecule is [B][B][B]I=C. The predicted octanol–water partition coefficient (Wildman–Crippen LogP) is -0.289. The van der Waals surface area contributed by atoms with E-state index in [0.717, 1.165) is 0 Å². The fraction of sp³-hybridized carbons (Fsp3) is 0. The van der Waals surface area contributed by atoms with Gasteiger partial charge in [0, 0.05) is 14.8 Å². The Labute approximate surface area is 45.1 Å². The standard InChI is InChI=1S/CH2B3I/c1-5-4-3-2/h1H2. The molecule has 0 atom stereocenters. The van der Waals surface area contributed by atoms with E-state index in [9.17, 15) is 0 Å². The van der Waals surface area contributed by atoms with Gasteiger partial charge in [0.1, 0.15) is 5.03 Å². The minimum Gasteiger partial charge on any atom is -0.202 e. The molecular weight excluding hydrogens is 171 g/mol. The van der Waals surface area contributed by atoms with E-state index in [1.165, 1.54) is 0 Å². The van der Waals surface area contributed by atoms with E-state index in [2.05, 4.69) is 4.51 Å². The Balaban J connectivity index is 2.40. The zero-order valence-electron chi connectivity index (χ0n) is 2.82. The van der Waals surface area contributed by atoms with Crippen LogP contribution in [-0.4, -0.2) is 24.3 Å². The molecule has 0 spiro atoms. The molecule has 0 aromatic rings. The molecule has 0 amide bonds. The normalized spacial score (nSPS) is 6.40. The average molecular weight is 173 g/mol. The molecule has 0 nitrogen and oxygen atoms in total. The van der Waals surface area contributed by atoms with E-state index in [0.29, 0.717) is 0 Å². The fourth-order valence-corrected chi connectivity index (χ4v) is 0.345. The summed E-state index contributed by atoms with van der Waals surface area (Å²) in [6.45, 7) is 0. The van der Waals surface area contributed by atoms with Gasteiger partial charge < -0.3 is 0 Å².